The third-order valence-electron chi connectivity index (χ3n) is 2.05. The summed E-state index contributed by atoms with van der Waals surface area (Å²) in [6.45, 7) is 0. The standard InChI is InChI=1S/C8H6N2OS/c9-5-8(3-6(11)4-8)7-10-1-2-12-7/h1-2H,3-4H2. The van der Waals surface area contributed by atoms with Gasteiger partial charge in [0.15, 0.2) is 0 Å². The molecule has 0 unspecified atom stereocenters. The van der Waals surface area contributed by atoms with Crippen molar-refractivity contribution in [3.63, 3.8) is 0 Å². The van der Waals surface area contributed by atoms with Gasteiger partial charge < -0.3 is 0 Å². The molecule has 4 heteroatoms. The van der Waals surface area contributed by atoms with Crippen molar-refractivity contribution in [1.82, 2.24) is 4.98 Å². The maximum absolute atomic E-state index is 10.8. The Morgan fingerprint density at radius 2 is 2.42 bits per heavy atom. The van der Waals surface area contributed by atoms with Crippen molar-refractivity contribution in [2.45, 2.75) is 18.3 Å². The van der Waals surface area contributed by atoms with E-state index in [1.54, 1.807) is 6.20 Å². The van der Waals surface area contributed by atoms with Crippen LogP contribution in [0.4, 0.5) is 0 Å². The molecule has 1 aromatic rings. The van der Waals surface area contributed by atoms with E-state index in [1.807, 2.05) is 5.38 Å². The summed E-state index contributed by atoms with van der Waals surface area (Å²) < 4.78 is 0. The van der Waals surface area contributed by atoms with Gasteiger partial charge in [0.1, 0.15) is 16.2 Å². The van der Waals surface area contributed by atoms with Crippen molar-refractivity contribution in [3.05, 3.63) is 16.6 Å². The molecule has 1 aliphatic rings. The molecule has 0 bridgehead atoms. The van der Waals surface area contributed by atoms with E-state index in [1.165, 1.54) is 11.3 Å². The van der Waals surface area contributed by atoms with Crippen LogP contribution in [0.15, 0.2) is 11.6 Å². The second kappa shape index (κ2) is 2.39. The van der Waals surface area contributed by atoms with E-state index in [4.69, 9.17) is 5.26 Å². The Balaban J connectivity index is 2.34. The van der Waals surface area contributed by atoms with E-state index in [9.17, 15) is 4.79 Å². The number of rotatable bonds is 1. The zero-order valence-corrected chi connectivity index (χ0v) is 7.10. The lowest BCUT2D eigenvalue weighted by Gasteiger charge is -2.31. The van der Waals surface area contributed by atoms with Crippen LogP contribution in [0.1, 0.15) is 17.8 Å². The highest BCUT2D eigenvalue weighted by molar-refractivity contribution is 7.09. The summed E-state index contributed by atoms with van der Waals surface area (Å²) in [5, 5.41) is 11.5. The van der Waals surface area contributed by atoms with Crippen LogP contribution in [0.3, 0.4) is 0 Å². The molecular weight excluding hydrogens is 172 g/mol. The molecule has 1 aliphatic carbocycles. The average molecular weight is 178 g/mol. The lowest BCUT2D eigenvalue weighted by Crippen LogP contribution is -2.40. The largest absolute Gasteiger partial charge is 0.300 e. The predicted molar refractivity (Wildman–Crippen MR) is 43.6 cm³/mol. The highest BCUT2D eigenvalue weighted by atomic mass is 32.1. The summed E-state index contributed by atoms with van der Waals surface area (Å²) in [5.41, 5.74) is -0.578. The fourth-order valence-corrected chi connectivity index (χ4v) is 2.15. The summed E-state index contributed by atoms with van der Waals surface area (Å²) in [4.78, 5) is 14.9. The maximum atomic E-state index is 10.8. The van der Waals surface area contributed by atoms with E-state index in [2.05, 4.69) is 11.1 Å². The lowest BCUT2D eigenvalue weighted by molar-refractivity contribution is -0.126. The molecule has 0 aliphatic heterocycles. The van der Waals surface area contributed by atoms with Crippen LogP contribution in [0.25, 0.3) is 0 Å². The van der Waals surface area contributed by atoms with E-state index in [0.29, 0.717) is 12.8 Å². The van der Waals surface area contributed by atoms with Crippen molar-refractivity contribution < 1.29 is 4.79 Å². The average Bonchev–Trinajstić information content (AvgIpc) is 2.50. The minimum Gasteiger partial charge on any atom is -0.300 e. The molecule has 2 rings (SSSR count). The van der Waals surface area contributed by atoms with E-state index < -0.39 is 5.41 Å². The molecule has 0 spiro atoms. The third-order valence-corrected chi connectivity index (χ3v) is 3.03. The van der Waals surface area contributed by atoms with E-state index in [0.717, 1.165) is 5.01 Å². The number of nitrogens with zero attached hydrogens (tertiary/aromatic N) is 2. The van der Waals surface area contributed by atoms with Crippen molar-refractivity contribution in [2.75, 3.05) is 0 Å². The Labute approximate surface area is 73.7 Å². The van der Waals surface area contributed by atoms with Crippen molar-refractivity contribution >= 4 is 17.1 Å². The van der Waals surface area contributed by atoms with Crippen LogP contribution < -0.4 is 0 Å². The number of thiazole rings is 1. The summed E-state index contributed by atoms with van der Waals surface area (Å²) in [6, 6.07) is 2.17. The summed E-state index contributed by atoms with van der Waals surface area (Å²) in [6.07, 6.45) is 2.36. The van der Waals surface area contributed by atoms with Crippen LogP contribution >= 0.6 is 11.3 Å². The molecule has 0 saturated heterocycles. The monoisotopic (exact) mass is 178 g/mol. The summed E-state index contributed by atoms with van der Waals surface area (Å²) in [5.74, 6) is 0.159. The summed E-state index contributed by atoms with van der Waals surface area (Å²) in [7, 11) is 0. The van der Waals surface area contributed by atoms with Gasteiger partial charge in [-0.15, -0.1) is 11.3 Å². The number of hydrogen-bond acceptors (Lipinski definition) is 4. The fourth-order valence-electron chi connectivity index (χ4n) is 1.36. The van der Waals surface area contributed by atoms with Crippen LogP contribution in [0, 0.1) is 11.3 Å². The molecule has 12 heavy (non-hydrogen) atoms. The topological polar surface area (TPSA) is 53.8 Å². The first kappa shape index (κ1) is 7.44. The van der Waals surface area contributed by atoms with Crippen LogP contribution in [-0.4, -0.2) is 10.8 Å². The van der Waals surface area contributed by atoms with Crippen LogP contribution in [-0.2, 0) is 10.2 Å². The molecule has 0 amide bonds. The number of nitriles is 1. The van der Waals surface area contributed by atoms with E-state index >= 15 is 0 Å². The highest BCUT2D eigenvalue weighted by Crippen LogP contribution is 2.41. The summed E-state index contributed by atoms with van der Waals surface area (Å²) >= 11 is 1.45. The van der Waals surface area contributed by atoms with Gasteiger partial charge >= 0.3 is 0 Å². The Morgan fingerprint density at radius 1 is 1.67 bits per heavy atom. The number of carbonyl (C=O) groups excluding carboxylic acids is 1. The maximum Gasteiger partial charge on any atom is 0.136 e. The minimum atomic E-state index is -0.578. The second-order valence-electron chi connectivity index (χ2n) is 2.92. The number of Topliss-reactive ketones (excluding diaryl/α,β-unsaturated/α-hetero) is 1. The zero-order chi connectivity index (χ0) is 8.60. The normalized spacial score (nSPS) is 19.8. The number of carbonyl (C=O) groups is 1. The molecular formula is C8H6N2OS. The van der Waals surface area contributed by atoms with Gasteiger partial charge in [-0.2, -0.15) is 5.26 Å². The van der Waals surface area contributed by atoms with Gasteiger partial charge in [-0.1, -0.05) is 0 Å². The van der Waals surface area contributed by atoms with Gasteiger partial charge in [-0.25, -0.2) is 4.98 Å². The smallest absolute Gasteiger partial charge is 0.136 e. The number of ketones is 1. The predicted octanol–water partition coefficient (Wildman–Crippen LogP) is 1.27. The molecule has 0 radical (unpaired) electrons. The Bertz CT molecular complexity index is 342. The highest BCUT2D eigenvalue weighted by Gasteiger charge is 2.47. The molecule has 0 N–H and O–H groups in total. The lowest BCUT2D eigenvalue weighted by atomic mass is 9.69. The van der Waals surface area contributed by atoms with E-state index in [-0.39, 0.29) is 5.78 Å². The van der Waals surface area contributed by atoms with Gasteiger partial charge in [0.25, 0.3) is 0 Å². The first-order valence-corrected chi connectivity index (χ1v) is 4.48. The first-order chi connectivity index (χ1) is 5.77. The molecule has 0 atom stereocenters. The molecule has 1 heterocycles. The molecule has 1 fully saturated rings. The second-order valence-corrected chi connectivity index (χ2v) is 3.82. The fraction of sp³-hybridized carbons (Fsp3) is 0.375. The van der Waals surface area contributed by atoms with Crippen molar-refractivity contribution in [2.24, 2.45) is 0 Å². The number of aromatic nitrogens is 1. The van der Waals surface area contributed by atoms with Crippen molar-refractivity contribution in [3.8, 4) is 6.07 Å². The minimum absolute atomic E-state index is 0.159. The van der Waals surface area contributed by atoms with Gasteiger partial charge in [-0.05, 0) is 0 Å². The van der Waals surface area contributed by atoms with Gasteiger partial charge in [-0.3, -0.25) is 4.79 Å². The number of hydrogen-bond donors (Lipinski definition) is 0. The van der Waals surface area contributed by atoms with Crippen LogP contribution in [0.2, 0.25) is 0 Å². The Hall–Kier alpha value is -1.21. The SMILES string of the molecule is N#CC1(c2nccs2)CC(=O)C1. The quantitative estimate of drug-likeness (QED) is 0.650. The zero-order valence-electron chi connectivity index (χ0n) is 6.28. The van der Waals surface area contributed by atoms with Gasteiger partial charge in [0.2, 0.25) is 0 Å². The molecule has 0 aromatic carbocycles. The van der Waals surface area contributed by atoms with Crippen LogP contribution in [0.5, 0.6) is 0 Å². The third kappa shape index (κ3) is 0.868. The molecule has 3 nitrogen and oxygen atoms in total. The molecule has 60 valence electrons. The van der Waals surface area contributed by atoms with Gasteiger partial charge in [0.05, 0.1) is 6.07 Å². The first-order valence-electron chi connectivity index (χ1n) is 3.60. The molecule has 1 aromatic heterocycles. The Kier molecular flexibility index (Phi) is 1.48. The van der Waals surface area contributed by atoms with Gasteiger partial charge in [0, 0.05) is 24.4 Å². The molecule has 1 saturated carbocycles. The van der Waals surface area contributed by atoms with Crippen molar-refractivity contribution in [1.29, 1.82) is 5.26 Å². The Morgan fingerprint density at radius 3 is 2.83 bits per heavy atom.